The third kappa shape index (κ3) is 4.06. The van der Waals surface area contributed by atoms with Crippen LogP contribution >= 0.6 is 0 Å². The van der Waals surface area contributed by atoms with Crippen molar-refractivity contribution in [1.29, 1.82) is 0 Å². The average molecular weight is 297 g/mol. The molecule has 0 bridgehead atoms. The van der Waals surface area contributed by atoms with Gasteiger partial charge in [0, 0.05) is 32.8 Å². The maximum atomic E-state index is 12.0. The third-order valence-corrected chi connectivity index (χ3v) is 2.78. The summed E-state index contributed by atoms with van der Waals surface area (Å²) in [6.45, 7) is 1.57. The number of carbonyl (C=O) groups excluding carboxylic acids is 1. The van der Waals surface area contributed by atoms with E-state index in [1.165, 1.54) is 26.2 Å². The van der Waals surface area contributed by atoms with Crippen molar-refractivity contribution in [3.8, 4) is 5.75 Å². The Morgan fingerprint density at radius 3 is 2.57 bits per heavy atom. The summed E-state index contributed by atoms with van der Waals surface area (Å²) >= 11 is 0. The molecule has 0 aromatic heterocycles. The summed E-state index contributed by atoms with van der Waals surface area (Å²) in [4.78, 5) is 24.2. The molecule has 1 amide bonds. The molecule has 0 spiro atoms. The molecular formula is C13H19N3O5. The van der Waals surface area contributed by atoms with Gasteiger partial charge in [-0.3, -0.25) is 14.9 Å². The number of nitrogens with one attached hydrogen (secondary N) is 1. The minimum absolute atomic E-state index is 0.0468. The van der Waals surface area contributed by atoms with Crippen molar-refractivity contribution in [2.24, 2.45) is 0 Å². The maximum absolute atomic E-state index is 12.0. The molecule has 1 unspecified atom stereocenters. The highest BCUT2D eigenvalue weighted by Gasteiger charge is 2.23. The van der Waals surface area contributed by atoms with Gasteiger partial charge in [-0.05, 0) is 6.92 Å². The molecule has 0 aliphatic carbocycles. The van der Waals surface area contributed by atoms with Gasteiger partial charge < -0.3 is 20.1 Å². The molecule has 8 nitrogen and oxygen atoms in total. The van der Waals surface area contributed by atoms with Gasteiger partial charge in [0.1, 0.15) is 11.4 Å². The number of aliphatic hydroxyl groups is 1. The number of nitrogens with zero attached hydrogens (tertiary/aromatic N) is 2. The van der Waals surface area contributed by atoms with Gasteiger partial charge in [0.2, 0.25) is 0 Å². The first kappa shape index (κ1) is 16.7. The minimum Gasteiger partial charge on any atom is -0.496 e. The highest BCUT2D eigenvalue weighted by atomic mass is 16.6. The fourth-order valence-electron chi connectivity index (χ4n) is 1.74. The van der Waals surface area contributed by atoms with Crippen molar-refractivity contribution < 1.29 is 19.6 Å². The van der Waals surface area contributed by atoms with E-state index in [0.29, 0.717) is 5.69 Å². The number of nitro benzene ring substituents is 1. The summed E-state index contributed by atoms with van der Waals surface area (Å²) in [5.41, 5.74) is 0.197. The van der Waals surface area contributed by atoms with Gasteiger partial charge in [-0.25, -0.2) is 0 Å². The zero-order valence-electron chi connectivity index (χ0n) is 12.4. The molecule has 8 heteroatoms. The number of aliphatic hydroxyl groups excluding tert-OH is 1. The molecule has 0 heterocycles. The number of anilines is 1. The molecule has 0 saturated heterocycles. The van der Waals surface area contributed by atoms with E-state index >= 15 is 0 Å². The largest absolute Gasteiger partial charge is 0.496 e. The quantitative estimate of drug-likeness (QED) is 0.594. The van der Waals surface area contributed by atoms with Gasteiger partial charge in [-0.15, -0.1) is 0 Å². The van der Waals surface area contributed by atoms with E-state index in [1.54, 1.807) is 19.0 Å². The van der Waals surface area contributed by atoms with Crippen molar-refractivity contribution in [3.63, 3.8) is 0 Å². The Hall–Kier alpha value is -2.35. The van der Waals surface area contributed by atoms with Crippen LogP contribution in [0.5, 0.6) is 5.75 Å². The Balaban J connectivity index is 3.28. The topological polar surface area (TPSA) is 105 Å². The second-order valence-corrected chi connectivity index (χ2v) is 4.75. The fraction of sp³-hybridized carbons (Fsp3) is 0.462. The van der Waals surface area contributed by atoms with Gasteiger partial charge in [0.15, 0.2) is 0 Å². The van der Waals surface area contributed by atoms with Crippen molar-refractivity contribution in [2.45, 2.75) is 13.0 Å². The minimum atomic E-state index is -0.712. The van der Waals surface area contributed by atoms with Gasteiger partial charge in [0.25, 0.3) is 11.6 Å². The Bertz CT molecular complexity index is 543. The number of ether oxygens (including phenoxy) is 1. The number of methoxy groups -OCH3 is 1. The van der Waals surface area contributed by atoms with Crippen LogP contribution in [0.1, 0.15) is 17.3 Å². The lowest BCUT2D eigenvalue weighted by molar-refractivity contribution is -0.384. The van der Waals surface area contributed by atoms with Crippen molar-refractivity contribution in [1.82, 2.24) is 5.32 Å². The molecule has 1 aromatic carbocycles. The number of hydrogen-bond acceptors (Lipinski definition) is 6. The first-order valence-electron chi connectivity index (χ1n) is 6.28. The molecule has 0 aliphatic rings. The van der Waals surface area contributed by atoms with E-state index in [2.05, 4.69) is 5.32 Å². The van der Waals surface area contributed by atoms with Crippen LogP contribution in [-0.4, -0.2) is 49.8 Å². The van der Waals surface area contributed by atoms with Crippen LogP contribution in [0.4, 0.5) is 11.4 Å². The smallest absolute Gasteiger partial charge is 0.293 e. The lowest BCUT2D eigenvalue weighted by Crippen LogP contribution is -2.31. The molecule has 1 aromatic rings. The van der Waals surface area contributed by atoms with E-state index < -0.39 is 16.9 Å². The van der Waals surface area contributed by atoms with E-state index in [4.69, 9.17) is 4.74 Å². The standard InChI is InChI=1S/C13H19N3O5/c1-8(17)7-14-13(18)9-5-11(16(19)20)10(15(2)3)6-12(9)21-4/h5-6,8,17H,7H2,1-4H3,(H,14,18). The molecule has 0 radical (unpaired) electrons. The monoisotopic (exact) mass is 297 g/mol. The zero-order valence-corrected chi connectivity index (χ0v) is 12.4. The normalized spacial score (nSPS) is 11.7. The van der Waals surface area contributed by atoms with Gasteiger partial charge >= 0.3 is 0 Å². The average Bonchev–Trinajstić information content (AvgIpc) is 2.42. The summed E-state index contributed by atoms with van der Waals surface area (Å²) in [6, 6.07) is 2.61. The van der Waals surface area contributed by atoms with Crippen LogP contribution in [0.2, 0.25) is 0 Å². The van der Waals surface area contributed by atoms with Crippen molar-refractivity contribution in [2.75, 3.05) is 32.6 Å². The Morgan fingerprint density at radius 2 is 2.14 bits per heavy atom. The summed E-state index contributed by atoms with van der Waals surface area (Å²) in [6.07, 6.45) is -0.712. The number of carbonyl (C=O) groups is 1. The summed E-state index contributed by atoms with van der Waals surface area (Å²) in [5, 5.41) is 22.8. The second kappa shape index (κ2) is 6.89. The lowest BCUT2D eigenvalue weighted by Gasteiger charge is -2.16. The molecule has 0 fully saturated rings. The molecule has 2 N–H and O–H groups in total. The predicted octanol–water partition coefficient (Wildman–Crippen LogP) is 0.780. The van der Waals surface area contributed by atoms with Crippen molar-refractivity contribution >= 4 is 17.3 Å². The first-order valence-corrected chi connectivity index (χ1v) is 6.28. The van der Waals surface area contributed by atoms with Crippen LogP contribution in [0.25, 0.3) is 0 Å². The SMILES string of the molecule is COc1cc(N(C)C)c([N+](=O)[O-])cc1C(=O)NCC(C)O. The first-order chi connectivity index (χ1) is 9.77. The number of benzene rings is 1. The summed E-state index contributed by atoms with van der Waals surface area (Å²) < 4.78 is 5.13. The summed E-state index contributed by atoms with van der Waals surface area (Å²) in [5.74, 6) is -0.312. The third-order valence-electron chi connectivity index (χ3n) is 2.78. The van der Waals surface area contributed by atoms with Crippen LogP contribution in [0.15, 0.2) is 12.1 Å². The van der Waals surface area contributed by atoms with Gasteiger partial charge in [-0.1, -0.05) is 0 Å². The van der Waals surface area contributed by atoms with Gasteiger partial charge in [0.05, 0.1) is 23.7 Å². The van der Waals surface area contributed by atoms with Crippen molar-refractivity contribution in [3.05, 3.63) is 27.8 Å². The number of nitro groups is 1. The molecule has 0 aliphatic heterocycles. The number of rotatable bonds is 6. The Labute approximate surface area is 122 Å². The molecule has 116 valence electrons. The van der Waals surface area contributed by atoms with Gasteiger partial charge in [-0.2, -0.15) is 0 Å². The van der Waals surface area contributed by atoms with Crippen LogP contribution in [-0.2, 0) is 0 Å². The number of amides is 1. The zero-order chi connectivity index (χ0) is 16.2. The maximum Gasteiger partial charge on any atom is 0.293 e. The van der Waals surface area contributed by atoms with E-state index in [-0.39, 0.29) is 23.5 Å². The fourth-order valence-corrected chi connectivity index (χ4v) is 1.74. The highest BCUT2D eigenvalue weighted by Crippen LogP contribution is 2.34. The van der Waals surface area contributed by atoms with Crippen LogP contribution < -0.4 is 15.0 Å². The molecular weight excluding hydrogens is 278 g/mol. The molecule has 0 saturated carbocycles. The Kier molecular flexibility index (Phi) is 5.48. The van der Waals surface area contributed by atoms with E-state index in [0.717, 1.165) is 0 Å². The van der Waals surface area contributed by atoms with E-state index in [9.17, 15) is 20.0 Å². The molecule has 1 rings (SSSR count). The predicted molar refractivity (Wildman–Crippen MR) is 78.0 cm³/mol. The van der Waals surface area contributed by atoms with Crippen LogP contribution in [0, 0.1) is 10.1 Å². The molecule has 1 atom stereocenters. The number of hydrogen-bond donors (Lipinski definition) is 2. The van der Waals surface area contributed by atoms with Crippen LogP contribution in [0.3, 0.4) is 0 Å². The second-order valence-electron chi connectivity index (χ2n) is 4.75. The highest BCUT2D eigenvalue weighted by molar-refractivity contribution is 5.98. The summed E-state index contributed by atoms with van der Waals surface area (Å²) in [7, 11) is 4.70. The Morgan fingerprint density at radius 1 is 1.52 bits per heavy atom. The molecule has 21 heavy (non-hydrogen) atoms. The van der Waals surface area contributed by atoms with E-state index in [1.807, 2.05) is 0 Å². The lowest BCUT2D eigenvalue weighted by atomic mass is 10.1.